The smallest absolute Gasteiger partial charge is 0.258 e. The number of allylic oxidation sites excluding steroid dienone is 1. The Kier molecular flexibility index (Phi) is 6.65. The van der Waals surface area contributed by atoms with Crippen LogP contribution in [0, 0.1) is 5.82 Å². The van der Waals surface area contributed by atoms with Crippen molar-refractivity contribution in [2.24, 2.45) is 0 Å². The van der Waals surface area contributed by atoms with Crippen LogP contribution in [0.1, 0.15) is 37.8 Å². The van der Waals surface area contributed by atoms with E-state index in [1.807, 2.05) is 36.9 Å². The molecule has 35 heavy (non-hydrogen) atoms. The van der Waals surface area contributed by atoms with E-state index in [0.717, 1.165) is 28.8 Å². The summed E-state index contributed by atoms with van der Waals surface area (Å²) in [5, 5.41) is 8.17. The minimum atomic E-state index is -0.378. The molecule has 0 saturated heterocycles. The molecule has 1 aromatic heterocycles. The Morgan fingerprint density at radius 1 is 1.17 bits per heavy atom. The maximum absolute atomic E-state index is 13.6. The van der Waals surface area contributed by atoms with E-state index in [-0.39, 0.29) is 18.7 Å². The summed E-state index contributed by atoms with van der Waals surface area (Å²) in [6, 6.07) is 11.4. The third-order valence-corrected chi connectivity index (χ3v) is 6.30. The molecule has 182 valence electrons. The van der Waals surface area contributed by atoms with E-state index in [9.17, 15) is 4.39 Å². The average Bonchev–Trinajstić information content (AvgIpc) is 3.53. The van der Waals surface area contributed by atoms with E-state index in [0.29, 0.717) is 48.1 Å². The van der Waals surface area contributed by atoms with Crippen LogP contribution >= 0.6 is 12.2 Å². The fourth-order valence-corrected chi connectivity index (χ4v) is 4.53. The molecular weight excluding hydrogens is 471 g/mol. The molecule has 1 atom stereocenters. The van der Waals surface area contributed by atoms with Crippen molar-refractivity contribution < 1.29 is 23.1 Å². The highest BCUT2D eigenvalue weighted by Gasteiger charge is 2.34. The fourth-order valence-electron chi connectivity index (χ4n) is 4.19. The molecule has 0 radical (unpaired) electrons. The van der Waals surface area contributed by atoms with Gasteiger partial charge in [-0.05, 0) is 68.4 Å². The van der Waals surface area contributed by atoms with Crippen LogP contribution in [-0.4, -0.2) is 46.7 Å². The lowest BCUT2D eigenvalue weighted by Crippen LogP contribution is -2.46. The monoisotopic (exact) mass is 496 g/mol. The molecule has 5 rings (SSSR count). The van der Waals surface area contributed by atoms with Gasteiger partial charge in [-0.25, -0.2) is 4.39 Å². The van der Waals surface area contributed by atoms with Crippen molar-refractivity contribution in [3.63, 3.8) is 0 Å². The number of nitrogens with one attached hydrogen (secondary N) is 1. The number of rotatable bonds is 8. The van der Waals surface area contributed by atoms with Crippen LogP contribution in [0.3, 0.4) is 0 Å². The quantitative estimate of drug-likeness (QED) is 0.353. The Bertz CT molecular complexity index is 1260. The van der Waals surface area contributed by atoms with Gasteiger partial charge in [-0.3, -0.25) is 0 Å². The van der Waals surface area contributed by atoms with Gasteiger partial charge in [-0.15, -0.1) is 0 Å². The maximum atomic E-state index is 13.6. The SMILES string of the molecule is CCOCCCN1C(=S)NC(c2ccc(F)cc2)C(c2nc(-c3ccc4c(c3)OCO4)no2)=C1C. The summed E-state index contributed by atoms with van der Waals surface area (Å²) in [6.45, 7) is 6.10. The second kappa shape index (κ2) is 10.0. The normalized spacial score (nSPS) is 17.2. The molecule has 0 aliphatic carbocycles. The number of ether oxygens (including phenoxy) is 3. The molecule has 8 nitrogen and oxygen atoms in total. The molecule has 2 aliphatic rings. The van der Waals surface area contributed by atoms with Crippen molar-refractivity contribution in [2.75, 3.05) is 26.6 Å². The number of hydrogen-bond donors (Lipinski definition) is 1. The first-order valence-electron chi connectivity index (χ1n) is 11.4. The summed E-state index contributed by atoms with van der Waals surface area (Å²) < 4.78 is 35.7. The minimum absolute atomic E-state index is 0.187. The first-order valence-corrected chi connectivity index (χ1v) is 11.8. The van der Waals surface area contributed by atoms with E-state index >= 15 is 0 Å². The largest absolute Gasteiger partial charge is 0.454 e. The molecule has 0 amide bonds. The summed E-state index contributed by atoms with van der Waals surface area (Å²) in [5.41, 5.74) is 3.25. The predicted molar refractivity (Wildman–Crippen MR) is 131 cm³/mol. The second-order valence-corrected chi connectivity index (χ2v) is 8.51. The summed E-state index contributed by atoms with van der Waals surface area (Å²) >= 11 is 5.69. The number of fused-ring (bicyclic) bond motifs is 1. The van der Waals surface area contributed by atoms with Gasteiger partial charge >= 0.3 is 0 Å². The molecule has 2 aliphatic heterocycles. The van der Waals surface area contributed by atoms with Gasteiger partial charge in [0, 0.05) is 31.0 Å². The van der Waals surface area contributed by atoms with Crippen molar-refractivity contribution in [1.29, 1.82) is 0 Å². The number of nitrogens with zero attached hydrogens (tertiary/aromatic N) is 3. The molecule has 0 spiro atoms. The highest BCUT2D eigenvalue weighted by molar-refractivity contribution is 7.80. The van der Waals surface area contributed by atoms with E-state index < -0.39 is 0 Å². The number of hydrogen-bond acceptors (Lipinski definition) is 7. The molecule has 0 bridgehead atoms. The summed E-state index contributed by atoms with van der Waals surface area (Å²) in [7, 11) is 0. The second-order valence-electron chi connectivity index (χ2n) is 8.13. The van der Waals surface area contributed by atoms with Gasteiger partial charge in [0.15, 0.2) is 16.6 Å². The molecule has 0 saturated carbocycles. The van der Waals surface area contributed by atoms with Gasteiger partial charge in [0.2, 0.25) is 12.6 Å². The topological polar surface area (TPSA) is 81.9 Å². The van der Waals surface area contributed by atoms with E-state index in [1.165, 1.54) is 12.1 Å². The van der Waals surface area contributed by atoms with Gasteiger partial charge < -0.3 is 29.0 Å². The third kappa shape index (κ3) is 4.71. The highest BCUT2D eigenvalue weighted by Crippen LogP contribution is 2.39. The Morgan fingerprint density at radius 3 is 2.77 bits per heavy atom. The van der Waals surface area contributed by atoms with E-state index in [1.54, 1.807) is 12.1 Å². The number of aromatic nitrogens is 2. The summed E-state index contributed by atoms with van der Waals surface area (Å²) in [4.78, 5) is 6.71. The Balaban J connectivity index is 1.51. The van der Waals surface area contributed by atoms with Gasteiger partial charge in [0.1, 0.15) is 5.82 Å². The van der Waals surface area contributed by atoms with Crippen LogP contribution in [0.15, 0.2) is 52.7 Å². The molecule has 1 unspecified atom stereocenters. The maximum Gasteiger partial charge on any atom is 0.258 e. The minimum Gasteiger partial charge on any atom is -0.454 e. The zero-order chi connectivity index (χ0) is 24.4. The first-order chi connectivity index (χ1) is 17.0. The first kappa shape index (κ1) is 23.3. The summed E-state index contributed by atoms with van der Waals surface area (Å²) in [5.74, 6) is 1.79. The van der Waals surface area contributed by atoms with E-state index in [2.05, 4.69) is 10.5 Å². The van der Waals surface area contributed by atoms with Crippen molar-refractivity contribution >= 4 is 22.9 Å². The number of benzene rings is 2. The summed E-state index contributed by atoms with van der Waals surface area (Å²) in [6.07, 6.45) is 0.799. The van der Waals surface area contributed by atoms with Crippen molar-refractivity contribution in [2.45, 2.75) is 26.3 Å². The van der Waals surface area contributed by atoms with Gasteiger partial charge in [0.05, 0.1) is 11.6 Å². The van der Waals surface area contributed by atoms with Crippen LogP contribution in [0.4, 0.5) is 4.39 Å². The van der Waals surface area contributed by atoms with Crippen LogP contribution in [0.2, 0.25) is 0 Å². The lowest BCUT2D eigenvalue weighted by molar-refractivity contribution is 0.141. The van der Waals surface area contributed by atoms with Crippen LogP contribution < -0.4 is 14.8 Å². The lowest BCUT2D eigenvalue weighted by Gasteiger charge is -2.37. The molecular formula is C25H25FN4O4S. The van der Waals surface area contributed by atoms with Crippen LogP contribution in [-0.2, 0) is 4.74 Å². The van der Waals surface area contributed by atoms with Gasteiger partial charge in [0.25, 0.3) is 5.89 Å². The standard InChI is InChI=1S/C25H25FN4O4S/c1-3-31-12-4-11-30-15(2)21(22(27-25(30)35)16-5-8-18(26)9-6-16)24-28-23(29-34-24)17-7-10-19-20(13-17)33-14-32-19/h5-10,13,22H,3-4,11-12,14H2,1-2H3,(H,27,35). The van der Waals surface area contributed by atoms with Crippen molar-refractivity contribution in [3.05, 3.63) is 65.4 Å². The Hall–Kier alpha value is -3.50. The molecule has 3 heterocycles. The number of thiocarbonyl (C=S) groups is 1. The number of halogens is 1. The van der Waals surface area contributed by atoms with E-state index in [4.69, 9.17) is 35.9 Å². The lowest BCUT2D eigenvalue weighted by atomic mass is 9.94. The van der Waals surface area contributed by atoms with Crippen molar-refractivity contribution in [3.8, 4) is 22.9 Å². The van der Waals surface area contributed by atoms with Crippen LogP contribution in [0.5, 0.6) is 11.5 Å². The highest BCUT2D eigenvalue weighted by atomic mass is 32.1. The molecule has 10 heteroatoms. The predicted octanol–water partition coefficient (Wildman–Crippen LogP) is 4.69. The van der Waals surface area contributed by atoms with Crippen LogP contribution in [0.25, 0.3) is 17.0 Å². The third-order valence-electron chi connectivity index (χ3n) is 5.96. The molecule has 0 fully saturated rings. The zero-order valence-electron chi connectivity index (χ0n) is 19.4. The Morgan fingerprint density at radius 2 is 1.97 bits per heavy atom. The fraction of sp³-hybridized carbons (Fsp3) is 0.320. The van der Waals surface area contributed by atoms with Gasteiger partial charge in [-0.2, -0.15) is 4.98 Å². The van der Waals surface area contributed by atoms with Gasteiger partial charge in [-0.1, -0.05) is 17.3 Å². The molecule has 3 aromatic rings. The van der Waals surface area contributed by atoms with Crippen molar-refractivity contribution in [1.82, 2.24) is 20.4 Å². The Labute approximate surface area is 207 Å². The molecule has 2 aromatic carbocycles. The molecule has 1 N–H and O–H groups in total. The average molecular weight is 497 g/mol. The zero-order valence-corrected chi connectivity index (χ0v) is 20.2.